The van der Waals surface area contributed by atoms with Gasteiger partial charge in [0.05, 0.1) is 6.42 Å². The van der Waals surface area contributed by atoms with Gasteiger partial charge >= 0.3 is 11.9 Å². The molecule has 2 aliphatic rings. The Kier molecular flexibility index (Phi) is 9.14. The van der Waals surface area contributed by atoms with Crippen LogP contribution in [-0.4, -0.2) is 55.6 Å². The van der Waals surface area contributed by atoms with Gasteiger partial charge in [0.15, 0.2) is 5.78 Å². The molecule has 0 unspecified atom stereocenters. The van der Waals surface area contributed by atoms with E-state index in [1.54, 1.807) is 6.08 Å². The molecular weight excluding hydrogens is 492 g/mol. The summed E-state index contributed by atoms with van der Waals surface area (Å²) >= 11 is 6.36. The number of rotatable bonds is 10. The molecular formula is C29H31ClN2O5. The molecule has 0 aliphatic carbocycles. The maximum absolute atomic E-state index is 12.2. The van der Waals surface area contributed by atoms with Gasteiger partial charge in [-0.1, -0.05) is 41.9 Å². The lowest BCUT2D eigenvalue weighted by atomic mass is 10.0. The van der Waals surface area contributed by atoms with E-state index in [1.165, 1.54) is 28.6 Å². The number of ether oxygens (including phenoxy) is 2. The third kappa shape index (κ3) is 7.54. The molecule has 0 atom stereocenters. The van der Waals surface area contributed by atoms with Crippen LogP contribution in [-0.2, 0) is 36.7 Å². The van der Waals surface area contributed by atoms with Crippen molar-refractivity contribution in [3.63, 3.8) is 0 Å². The molecule has 2 aromatic carbocycles. The molecule has 0 N–H and O–H groups in total. The first-order valence-corrected chi connectivity index (χ1v) is 12.9. The minimum Gasteiger partial charge on any atom is -0.421 e. The number of hydrogen-bond acceptors (Lipinski definition) is 7. The first kappa shape index (κ1) is 26.6. The van der Waals surface area contributed by atoms with Crippen LogP contribution in [0.15, 0.2) is 66.8 Å². The molecule has 0 radical (unpaired) electrons. The fourth-order valence-electron chi connectivity index (χ4n) is 4.55. The summed E-state index contributed by atoms with van der Waals surface area (Å²) in [5, 5.41) is 0.747. The number of carbonyl (C=O) groups is 3. The number of benzene rings is 2. The van der Waals surface area contributed by atoms with Crippen molar-refractivity contribution in [2.45, 2.75) is 38.4 Å². The third-order valence-corrected chi connectivity index (χ3v) is 6.63. The van der Waals surface area contributed by atoms with Gasteiger partial charge < -0.3 is 19.3 Å². The lowest BCUT2D eigenvalue weighted by Gasteiger charge is -2.27. The van der Waals surface area contributed by atoms with E-state index in [4.69, 9.17) is 21.1 Å². The predicted octanol–water partition coefficient (Wildman–Crippen LogP) is 4.79. The van der Waals surface area contributed by atoms with Crippen molar-refractivity contribution in [3.05, 3.63) is 82.9 Å². The average Bonchev–Trinajstić information content (AvgIpc) is 3.12. The number of hydrogen-bond donors (Lipinski definition) is 0. The van der Waals surface area contributed by atoms with E-state index < -0.39 is 18.2 Å². The number of esters is 2. The lowest BCUT2D eigenvalue weighted by Crippen LogP contribution is -2.24. The van der Waals surface area contributed by atoms with Crippen LogP contribution in [0.2, 0.25) is 5.02 Å². The summed E-state index contributed by atoms with van der Waals surface area (Å²) in [5.41, 5.74) is 5.11. The quantitative estimate of drug-likeness (QED) is 0.252. The molecule has 8 heteroatoms. The molecule has 0 amide bonds. The van der Waals surface area contributed by atoms with Gasteiger partial charge in [-0.2, -0.15) is 0 Å². The van der Waals surface area contributed by atoms with Crippen molar-refractivity contribution in [2.75, 3.05) is 31.6 Å². The van der Waals surface area contributed by atoms with Crippen LogP contribution in [0.4, 0.5) is 11.4 Å². The van der Waals surface area contributed by atoms with Crippen molar-refractivity contribution in [1.29, 1.82) is 0 Å². The topological polar surface area (TPSA) is 76.1 Å². The summed E-state index contributed by atoms with van der Waals surface area (Å²) in [4.78, 5) is 39.6. The van der Waals surface area contributed by atoms with E-state index in [9.17, 15) is 14.4 Å². The zero-order valence-electron chi connectivity index (χ0n) is 20.9. The Hall–Kier alpha value is -3.42. The molecule has 194 valence electrons. The maximum Gasteiger partial charge on any atom is 0.334 e. The number of fused-ring (bicyclic) bond motifs is 2. The minimum atomic E-state index is -1.20. The summed E-state index contributed by atoms with van der Waals surface area (Å²) in [6.07, 6.45) is 7.77. The number of unbranched alkanes of at least 4 members (excludes halogenated alkanes) is 1. The van der Waals surface area contributed by atoms with Crippen LogP contribution < -0.4 is 4.90 Å². The largest absolute Gasteiger partial charge is 0.421 e. The summed E-state index contributed by atoms with van der Waals surface area (Å²) in [7, 11) is 2.01. The van der Waals surface area contributed by atoms with Crippen molar-refractivity contribution in [3.8, 4) is 0 Å². The Labute approximate surface area is 222 Å². The molecule has 0 fully saturated rings. The Morgan fingerprint density at radius 3 is 2.49 bits per heavy atom. The molecule has 2 aromatic rings. The fourth-order valence-corrected chi connectivity index (χ4v) is 4.71. The minimum absolute atomic E-state index is 0.206. The zero-order valence-corrected chi connectivity index (χ0v) is 21.7. The summed E-state index contributed by atoms with van der Waals surface area (Å²) in [6, 6.07) is 14.8. The van der Waals surface area contributed by atoms with Gasteiger partial charge in [0.1, 0.15) is 0 Å². The molecule has 0 aromatic heterocycles. The van der Waals surface area contributed by atoms with E-state index >= 15 is 0 Å². The van der Waals surface area contributed by atoms with Crippen molar-refractivity contribution in [2.24, 2.45) is 0 Å². The molecule has 0 saturated heterocycles. The molecule has 2 aliphatic heterocycles. The number of aryl methyl sites for hydroxylation is 2. The highest BCUT2D eigenvalue weighted by Crippen LogP contribution is 2.37. The van der Waals surface area contributed by atoms with Crippen molar-refractivity contribution >= 4 is 40.7 Å². The van der Waals surface area contributed by atoms with Crippen LogP contribution in [0.1, 0.15) is 30.4 Å². The number of halogens is 1. The van der Waals surface area contributed by atoms with E-state index in [2.05, 4.69) is 46.2 Å². The molecule has 7 nitrogen and oxygen atoms in total. The molecule has 4 rings (SSSR count). The fraction of sp³-hybridized carbons (Fsp3) is 0.345. The van der Waals surface area contributed by atoms with E-state index in [1.807, 2.05) is 13.1 Å². The Balaban J connectivity index is 1.25. The lowest BCUT2D eigenvalue weighted by molar-refractivity contribution is -0.179. The monoisotopic (exact) mass is 522 g/mol. The van der Waals surface area contributed by atoms with Crippen LogP contribution in [0, 0.1) is 0 Å². The highest BCUT2D eigenvalue weighted by molar-refractivity contribution is 6.30. The molecule has 0 bridgehead atoms. The Morgan fingerprint density at radius 2 is 1.73 bits per heavy atom. The number of carbonyl (C=O) groups excluding carboxylic acids is 3. The molecule has 0 spiro atoms. The highest BCUT2D eigenvalue weighted by atomic mass is 35.5. The second-order valence-electron chi connectivity index (χ2n) is 9.23. The Morgan fingerprint density at radius 1 is 1.03 bits per heavy atom. The second-order valence-corrected chi connectivity index (χ2v) is 9.67. The molecule has 37 heavy (non-hydrogen) atoms. The molecule has 2 heterocycles. The van der Waals surface area contributed by atoms with Crippen molar-refractivity contribution in [1.82, 2.24) is 4.90 Å². The van der Waals surface area contributed by atoms with Crippen LogP contribution in [0.25, 0.3) is 0 Å². The summed E-state index contributed by atoms with van der Waals surface area (Å²) in [5.74, 6) is -1.69. The number of cyclic esters (lactones) is 2. The van der Waals surface area contributed by atoms with E-state index in [-0.39, 0.29) is 12.2 Å². The third-order valence-electron chi connectivity index (χ3n) is 6.40. The van der Waals surface area contributed by atoms with E-state index in [0.29, 0.717) is 6.54 Å². The number of anilines is 2. The second kappa shape index (κ2) is 12.7. The number of ketones is 1. The van der Waals surface area contributed by atoms with Gasteiger partial charge in [-0.25, -0.2) is 9.59 Å². The number of para-hydroxylation sites is 1. The van der Waals surface area contributed by atoms with Crippen LogP contribution in [0.5, 0.6) is 0 Å². The maximum atomic E-state index is 12.2. The normalized spacial score (nSPS) is 15.7. The standard InChI is InChI=1S/C29H31ClN2O5/c1-31(17-6-8-24(33)20-29-36-27(34)14-15-28(35)37-29)16-4-5-18-32-25-9-3-2-7-21(25)10-11-22-12-13-23(30)19-26(22)32/h2-3,6-9,12-15,19,29H,4-5,10-11,16-18,20H2,1H3/b8-6+. The number of nitrogens with zero attached hydrogens (tertiary/aromatic N) is 2. The average molecular weight is 523 g/mol. The smallest absolute Gasteiger partial charge is 0.334 e. The van der Waals surface area contributed by atoms with E-state index in [0.717, 1.165) is 55.9 Å². The highest BCUT2D eigenvalue weighted by Gasteiger charge is 2.23. The first-order chi connectivity index (χ1) is 17.9. The van der Waals surface area contributed by atoms with Gasteiger partial charge in [0.25, 0.3) is 6.29 Å². The van der Waals surface area contributed by atoms with Gasteiger partial charge in [-0.3, -0.25) is 4.79 Å². The summed E-state index contributed by atoms with van der Waals surface area (Å²) < 4.78 is 9.82. The SMILES string of the molecule is CN(C/C=C/C(=O)CC1OC(=O)C=CC(=O)O1)CCCCN1c2ccccc2CCc2ccc(Cl)cc21. The Bertz CT molecular complexity index is 1190. The predicted molar refractivity (Wildman–Crippen MR) is 143 cm³/mol. The number of allylic oxidation sites excluding steroid dienone is 1. The molecule has 0 saturated carbocycles. The van der Waals surface area contributed by atoms with Gasteiger partial charge in [-0.15, -0.1) is 0 Å². The number of likely N-dealkylation sites (N-methyl/N-ethyl adjacent to an activating group) is 1. The first-order valence-electron chi connectivity index (χ1n) is 12.5. The summed E-state index contributed by atoms with van der Waals surface area (Å²) in [6.45, 7) is 2.36. The van der Waals surface area contributed by atoms with Gasteiger partial charge in [0.2, 0.25) is 0 Å². The van der Waals surface area contributed by atoms with Crippen LogP contribution in [0.3, 0.4) is 0 Å². The van der Waals surface area contributed by atoms with Gasteiger partial charge in [-0.05, 0) is 74.7 Å². The van der Waals surface area contributed by atoms with Crippen molar-refractivity contribution < 1.29 is 23.9 Å². The van der Waals surface area contributed by atoms with Gasteiger partial charge in [0, 0.05) is 41.6 Å². The zero-order chi connectivity index (χ0) is 26.2. The van der Waals surface area contributed by atoms with Crippen LogP contribution >= 0.6 is 11.6 Å².